The van der Waals surface area contributed by atoms with Gasteiger partial charge in [-0.25, -0.2) is 0 Å². The van der Waals surface area contributed by atoms with Gasteiger partial charge < -0.3 is 4.90 Å². The molecule has 0 saturated carbocycles. The van der Waals surface area contributed by atoms with Gasteiger partial charge in [-0.15, -0.1) is 0 Å². The topological polar surface area (TPSA) is 20.3 Å². The fourth-order valence-corrected chi connectivity index (χ4v) is 2.11. The van der Waals surface area contributed by atoms with Crippen LogP contribution in [0.25, 0.3) is 0 Å². The van der Waals surface area contributed by atoms with Gasteiger partial charge in [0.25, 0.3) is 5.91 Å². The standard InChI is InChI=1S/C14H19ClINO/c1-9(14(2,3)4)17(5)13(18)10-6-7-12(16)11(15)8-10/h6-9H,1-5H3. The van der Waals surface area contributed by atoms with Crippen LogP contribution in [-0.4, -0.2) is 23.9 Å². The van der Waals surface area contributed by atoms with Gasteiger partial charge in [-0.05, 0) is 53.1 Å². The highest BCUT2D eigenvalue weighted by Gasteiger charge is 2.27. The van der Waals surface area contributed by atoms with E-state index in [1.165, 1.54) is 0 Å². The highest BCUT2D eigenvalue weighted by atomic mass is 127. The first-order valence-electron chi connectivity index (χ1n) is 5.87. The Hall–Kier alpha value is -0.290. The maximum atomic E-state index is 12.4. The minimum absolute atomic E-state index is 0.00993. The van der Waals surface area contributed by atoms with E-state index in [4.69, 9.17) is 11.6 Å². The molecule has 0 aliphatic heterocycles. The van der Waals surface area contributed by atoms with Gasteiger partial charge in [0.2, 0.25) is 0 Å². The molecule has 1 aromatic carbocycles. The Labute approximate surface area is 128 Å². The van der Waals surface area contributed by atoms with Crippen molar-refractivity contribution in [3.8, 4) is 0 Å². The zero-order valence-electron chi connectivity index (χ0n) is 11.4. The smallest absolute Gasteiger partial charge is 0.253 e. The zero-order valence-corrected chi connectivity index (χ0v) is 14.3. The van der Waals surface area contributed by atoms with Crippen LogP contribution in [-0.2, 0) is 0 Å². The minimum Gasteiger partial charge on any atom is -0.338 e. The van der Waals surface area contributed by atoms with E-state index < -0.39 is 0 Å². The average Bonchev–Trinajstić information content (AvgIpc) is 2.28. The predicted octanol–water partition coefficient (Wildman–Crippen LogP) is 4.45. The summed E-state index contributed by atoms with van der Waals surface area (Å²) in [4.78, 5) is 14.1. The second-order valence-electron chi connectivity index (χ2n) is 5.59. The van der Waals surface area contributed by atoms with E-state index in [-0.39, 0.29) is 17.4 Å². The molecule has 1 amide bonds. The fourth-order valence-electron chi connectivity index (χ4n) is 1.59. The van der Waals surface area contributed by atoms with Crippen molar-refractivity contribution >= 4 is 40.1 Å². The van der Waals surface area contributed by atoms with Crippen molar-refractivity contribution in [2.45, 2.75) is 33.7 Å². The van der Waals surface area contributed by atoms with E-state index >= 15 is 0 Å². The number of rotatable bonds is 2. The van der Waals surface area contributed by atoms with Crippen LogP contribution in [0.15, 0.2) is 18.2 Å². The Balaban J connectivity index is 2.97. The van der Waals surface area contributed by atoms with Crippen molar-refractivity contribution in [3.63, 3.8) is 0 Å². The maximum Gasteiger partial charge on any atom is 0.253 e. The van der Waals surface area contributed by atoms with Crippen LogP contribution >= 0.6 is 34.2 Å². The van der Waals surface area contributed by atoms with Crippen LogP contribution in [0.1, 0.15) is 38.1 Å². The SMILES string of the molecule is CC(N(C)C(=O)c1ccc(I)c(Cl)c1)C(C)(C)C. The third-order valence-electron chi connectivity index (χ3n) is 3.32. The third-order valence-corrected chi connectivity index (χ3v) is 4.89. The summed E-state index contributed by atoms with van der Waals surface area (Å²) in [5, 5.41) is 0.623. The van der Waals surface area contributed by atoms with Gasteiger partial charge in [0, 0.05) is 22.2 Å². The number of halogens is 2. The van der Waals surface area contributed by atoms with Crippen LogP contribution in [0.5, 0.6) is 0 Å². The lowest BCUT2D eigenvalue weighted by atomic mass is 9.87. The van der Waals surface area contributed by atoms with Gasteiger partial charge in [-0.2, -0.15) is 0 Å². The molecular weight excluding hydrogens is 361 g/mol. The Kier molecular flexibility index (Phi) is 5.06. The lowest BCUT2D eigenvalue weighted by molar-refractivity contribution is 0.0629. The molecule has 1 aromatic rings. The lowest BCUT2D eigenvalue weighted by Crippen LogP contribution is -2.42. The van der Waals surface area contributed by atoms with Crippen LogP contribution in [0.3, 0.4) is 0 Å². The molecule has 1 unspecified atom stereocenters. The van der Waals surface area contributed by atoms with E-state index in [9.17, 15) is 4.79 Å². The molecular formula is C14H19ClINO. The first-order chi connectivity index (χ1) is 8.14. The summed E-state index contributed by atoms with van der Waals surface area (Å²) in [5.74, 6) is 0.00993. The Morgan fingerprint density at radius 3 is 2.39 bits per heavy atom. The molecule has 0 N–H and O–H groups in total. The molecule has 18 heavy (non-hydrogen) atoms. The van der Waals surface area contributed by atoms with Crippen molar-refractivity contribution in [1.29, 1.82) is 0 Å². The monoisotopic (exact) mass is 379 g/mol. The van der Waals surface area contributed by atoms with E-state index in [0.29, 0.717) is 10.6 Å². The molecule has 0 radical (unpaired) electrons. The number of amides is 1. The summed E-state index contributed by atoms with van der Waals surface area (Å²) in [5.41, 5.74) is 0.691. The number of hydrogen-bond donors (Lipinski definition) is 0. The van der Waals surface area contributed by atoms with Gasteiger partial charge in [-0.1, -0.05) is 32.4 Å². The number of nitrogens with zero attached hydrogens (tertiary/aromatic N) is 1. The summed E-state index contributed by atoms with van der Waals surface area (Å²) >= 11 is 8.20. The molecule has 100 valence electrons. The van der Waals surface area contributed by atoms with Gasteiger partial charge in [0.05, 0.1) is 5.02 Å². The number of carbonyl (C=O) groups is 1. The number of hydrogen-bond acceptors (Lipinski definition) is 1. The summed E-state index contributed by atoms with van der Waals surface area (Å²) in [6, 6.07) is 5.58. The minimum atomic E-state index is 0.00993. The maximum absolute atomic E-state index is 12.4. The molecule has 0 spiro atoms. The van der Waals surface area contributed by atoms with E-state index in [2.05, 4.69) is 50.3 Å². The fraction of sp³-hybridized carbons (Fsp3) is 0.500. The largest absolute Gasteiger partial charge is 0.338 e. The van der Waals surface area contributed by atoms with Crippen molar-refractivity contribution in [3.05, 3.63) is 32.4 Å². The Bertz CT molecular complexity index is 454. The van der Waals surface area contributed by atoms with Crippen LogP contribution in [0.2, 0.25) is 5.02 Å². The van der Waals surface area contributed by atoms with Crippen molar-refractivity contribution < 1.29 is 4.79 Å². The summed E-state index contributed by atoms with van der Waals surface area (Å²) < 4.78 is 0.956. The molecule has 2 nitrogen and oxygen atoms in total. The molecule has 0 fully saturated rings. The highest BCUT2D eigenvalue weighted by molar-refractivity contribution is 14.1. The zero-order chi connectivity index (χ0) is 14.1. The van der Waals surface area contributed by atoms with Crippen LogP contribution in [0.4, 0.5) is 0 Å². The quantitative estimate of drug-likeness (QED) is 0.695. The van der Waals surface area contributed by atoms with Gasteiger partial charge in [0.1, 0.15) is 0 Å². The predicted molar refractivity (Wildman–Crippen MR) is 85.2 cm³/mol. The second kappa shape index (κ2) is 5.78. The van der Waals surface area contributed by atoms with Crippen LogP contribution in [0, 0.1) is 8.99 Å². The van der Waals surface area contributed by atoms with Crippen LogP contribution < -0.4 is 0 Å². The molecule has 0 saturated heterocycles. The lowest BCUT2D eigenvalue weighted by Gasteiger charge is -2.35. The molecule has 0 aliphatic rings. The molecule has 4 heteroatoms. The molecule has 0 bridgehead atoms. The first kappa shape index (κ1) is 15.8. The second-order valence-corrected chi connectivity index (χ2v) is 7.16. The van der Waals surface area contributed by atoms with Crippen molar-refractivity contribution in [1.82, 2.24) is 4.90 Å². The highest BCUT2D eigenvalue weighted by Crippen LogP contribution is 2.25. The molecule has 1 rings (SSSR count). The molecule has 0 aromatic heterocycles. The average molecular weight is 380 g/mol. The van der Waals surface area contributed by atoms with E-state index in [1.54, 1.807) is 11.0 Å². The molecule has 0 aliphatic carbocycles. The van der Waals surface area contributed by atoms with Crippen molar-refractivity contribution in [2.24, 2.45) is 5.41 Å². The Morgan fingerprint density at radius 2 is 1.94 bits per heavy atom. The normalized spacial score (nSPS) is 13.3. The molecule has 0 heterocycles. The van der Waals surface area contributed by atoms with E-state index in [1.807, 2.05) is 19.2 Å². The van der Waals surface area contributed by atoms with Gasteiger partial charge in [-0.3, -0.25) is 4.79 Å². The Morgan fingerprint density at radius 1 is 1.39 bits per heavy atom. The summed E-state index contributed by atoms with van der Waals surface area (Å²) in [6.45, 7) is 8.44. The molecule has 1 atom stereocenters. The third kappa shape index (κ3) is 3.60. The summed E-state index contributed by atoms with van der Waals surface area (Å²) in [7, 11) is 1.84. The van der Waals surface area contributed by atoms with Crippen molar-refractivity contribution in [2.75, 3.05) is 7.05 Å². The van der Waals surface area contributed by atoms with Gasteiger partial charge in [0.15, 0.2) is 0 Å². The first-order valence-corrected chi connectivity index (χ1v) is 7.32. The van der Waals surface area contributed by atoms with E-state index in [0.717, 1.165) is 3.57 Å². The number of benzene rings is 1. The van der Waals surface area contributed by atoms with Gasteiger partial charge >= 0.3 is 0 Å². The summed E-state index contributed by atoms with van der Waals surface area (Å²) in [6.07, 6.45) is 0. The number of carbonyl (C=O) groups excluding carboxylic acids is 1.